The van der Waals surface area contributed by atoms with Gasteiger partial charge in [0.25, 0.3) is 0 Å². The van der Waals surface area contributed by atoms with Gasteiger partial charge in [-0.2, -0.15) is 0 Å². The summed E-state index contributed by atoms with van der Waals surface area (Å²) >= 11 is 0. The molecule has 2 atom stereocenters. The minimum Gasteiger partial charge on any atom is -0.341 e. The van der Waals surface area contributed by atoms with Crippen LogP contribution >= 0.6 is 0 Å². The minimum absolute atomic E-state index is 0.217. The molecular formula is C14H26N2O. The molecule has 98 valence electrons. The Morgan fingerprint density at radius 1 is 1.24 bits per heavy atom. The third-order valence-corrected chi connectivity index (χ3v) is 4.45. The maximum atomic E-state index is 12.0. The quantitative estimate of drug-likeness (QED) is 0.814. The van der Waals surface area contributed by atoms with Crippen molar-refractivity contribution in [2.45, 2.75) is 52.0 Å². The Kier molecular flexibility index (Phi) is 4.08. The van der Waals surface area contributed by atoms with E-state index in [1.54, 1.807) is 0 Å². The fourth-order valence-corrected chi connectivity index (χ4v) is 2.85. The van der Waals surface area contributed by atoms with Crippen molar-refractivity contribution < 1.29 is 4.79 Å². The summed E-state index contributed by atoms with van der Waals surface area (Å²) in [7, 11) is 0. The van der Waals surface area contributed by atoms with E-state index >= 15 is 0 Å². The van der Waals surface area contributed by atoms with Crippen molar-refractivity contribution in [1.82, 2.24) is 4.90 Å². The number of carbonyl (C=O) groups is 1. The second-order valence-electron chi connectivity index (χ2n) is 6.17. The molecule has 1 aliphatic heterocycles. The van der Waals surface area contributed by atoms with Crippen LogP contribution in [0.25, 0.3) is 0 Å². The Labute approximate surface area is 105 Å². The van der Waals surface area contributed by atoms with Gasteiger partial charge in [0.1, 0.15) is 0 Å². The lowest BCUT2D eigenvalue weighted by Gasteiger charge is -2.25. The van der Waals surface area contributed by atoms with Crippen LogP contribution in [0.2, 0.25) is 0 Å². The molecule has 17 heavy (non-hydrogen) atoms. The van der Waals surface area contributed by atoms with Crippen LogP contribution in [0.4, 0.5) is 0 Å². The standard InChI is InChI=1S/C14H26N2O/c1-10(2)11-5-6-14(17)16(8-7-11)9-13(15)12-3-4-12/h10-13H,3-9,15H2,1-2H3. The first kappa shape index (κ1) is 12.9. The van der Waals surface area contributed by atoms with Gasteiger partial charge in [-0.3, -0.25) is 4.79 Å². The molecule has 2 unspecified atom stereocenters. The van der Waals surface area contributed by atoms with Gasteiger partial charge in [-0.15, -0.1) is 0 Å². The third-order valence-electron chi connectivity index (χ3n) is 4.45. The van der Waals surface area contributed by atoms with E-state index in [4.69, 9.17) is 5.73 Å². The van der Waals surface area contributed by atoms with Crippen molar-refractivity contribution in [1.29, 1.82) is 0 Å². The molecular weight excluding hydrogens is 212 g/mol. The van der Waals surface area contributed by atoms with E-state index in [0.717, 1.165) is 32.4 Å². The Hall–Kier alpha value is -0.570. The van der Waals surface area contributed by atoms with Gasteiger partial charge in [0, 0.05) is 25.6 Å². The van der Waals surface area contributed by atoms with Crippen LogP contribution < -0.4 is 5.73 Å². The smallest absolute Gasteiger partial charge is 0.222 e. The molecule has 0 spiro atoms. The third kappa shape index (κ3) is 3.44. The monoisotopic (exact) mass is 238 g/mol. The molecule has 0 bridgehead atoms. The summed E-state index contributed by atoms with van der Waals surface area (Å²) in [4.78, 5) is 14.1. The van der Waals surface area contributed by atoms with Gasteiger partial charge in [-0.25, -0.2) is 0 Å². The lowest BCUT2D eigenvalue weighted by Crippen LogP contribution is -2.42. The molecule has 0 aromatic heterocycles. The van der Waals surface area contributed by atoms with Crippen LogP contribution in [0.15, 0.2) is 0 Å². The highest BCUT2D eigenvalue weighted by Crippen LogP contribution is 2.32. The van der Waals surface area contributed by atoms with E-state index in [0.29, 0.717) is 23.7 Å². The van der Waals surface area contributed by atoms with Crippen molar-refractivity contribution in [2.24, 2.45) is 23.5 Å². The van der Waals surface area contributed by atoms with Crippen molar-refractivity contribution in [3.8, 4) is 0 Å². The average molecular weight is 238 g/mol. The SMILES string of the molecule is CC(C)C1CCC(=O)N(CC(N)C2CC2)CC1. The molecule has 2 rings (SSSR count). The summed E-state index contributed by atoms with van der Waals surface area (Å²) in [5.74, 6) is 2.41. The molecule has 1 amide bonds. The van der Waals surface area contributed by atoms with Crippen molar-refractivity contribution in [2.75, 3.05) is 13.1 Å². The fraction of sp³-hybridized carbons (Fsp3) is 0.929. The first-order valence-electron chi connectivity index (χ1n) is 7.11. The van der Waals surface area contributed by atoms with Gasteiger partial charge in [-0.1, -0.05) is 13.8 Å². The van der Waals surface area contributed by atoms with Gasteiger partial charge in [-0.05, 0) is 43.4 Å². The first-order chi connectivity index (χ1) is 8.08. The second kappa shape index (κ2) is 5.38. The molecule has 1 saturated carbocycles. The number of hydrogen-bond acceptors (Lipinski definition) is 2. The predicted molar refractivity (Wildman–Crippen MR) is 69.5 cm³/mol. The average Bonchev–Trinajstić information content (AvgIpc) is 3.08. The topological polar surface area (TPSA) is 46.3 Å². The number of carbonyl (C=O) groups excluding carboxylic acids is 1. The number of rotatable bonds is 4. The van der Waals surface area contributed by atoms with E-state index in [9.17, 15) is 4.79 Å². The number of nitrogens with zero attached hydrogens (tertiary/aromatic N) is 1. The zero-order valence-corrected chi connectivity index (χ0v) is 11.2. The Bertz CT molecular complexity index is 273. The summed E-state index contributed by atoms with van der Waals surface area (Å²) in [6, 6.07) is 0.217. The van der Waals surface area contributed by atoms with Crippen molar-refractivity contribution in [3.63, 3.8) is 0 Å². The first-order valence-corrected chi connectivity index (χ1v) is 7.11. The van der Waals surface area contributed by atoms with Gasteiger partial charge < -0.3 is 10.6 Å². The highest BCUT2D eigenvalue weighted by Gasteiger charge is 2.32. The van der Waals surface area contributed by atoms with E-state index in [2.05, 4.69) is 13.8 Å². The Morgan fingerprint density at radius 3 is 2.53 bits per heavy atom. The summed E-state index contributed by atoms with van der Waals surface area (Å²) in [6.07, 6.45) is 5.46. The highest BCUT2D eigenvalue weighted by molar-refractivity contribution is 5.76. The summed E-state index contributed by atoms with van der Waals surface area (Å²) < 4.78 is 0. The predicted octanol–water partition coefficient (Wildman–Crippen LogP) is 2.01. The fourth-order valence-electron chi connectivity index (χ4n) is 2.85. The molecule has 3 nitrogen and oxygen atoms in total. The second-order valence-corrected chi connectivity index (χ2v) is 6.17. The molecule has 0 aromatic rings. The van der Waals surface area contributed by atoms with Gasteiger partial charge in [0.05, 0.1) is 0 Å². The molecule has 1 heterocycles. The maximum absolute atomic E-state index is 12.0. The van der Waals surface area contributed by atoms with Crippen LogP contribution in [0.3, 0.4) is 0 Å². The lowest BCUT2D eigenvalue weighted by molar-refractivity contribution is -0.131. The van der Waals surface area contributed by atoms with Crippen LogP contribution in [-0.2, 0) is 4.79 Å². The molecule has 1 aliphatic carbocycles. The Morgan fingerprint density at radius 2 is 1.94 bits per heavy atom. The summed E-state index contributed by atoms with van der Waals surface area (Å²) in [5, 5.41) is 0. The number of amides is 1. The zero-order chi connectivity index (χ0) is 12.4. The van der Waals surface area contributed by atoms with Crippen molar-refractivity contribution >= 4 is 5.91 Å². The van der Waals surface area contributed by atoms with Crippen molar-refractivity contribution in [3.05, 3.63) is 0 Å². The highest BCUT2D eigenvalue weighted by atomic mass is 16.2. The molecule has 0 radical (unpaired) electrons. The normalized spacial score (nSPS) is 28.4. The molecule has 1 saturated heterocycles. The van der Waals surface area contributed by atoms with Crippen LogP contribution in [0, 0.1) is 17.8 Å². The van der Waals surface area contributed by atoms with Crippen LogP contribution in [-0.4, -0.2) is 29.9 Å². The zero-order valence-electron chi connectivity index (χ0n) is 11.2. The van der Waals surface area contributed by atoms with Crippen LogP contribution in [0.5, 0.6) is 0 Å². The number of nitrogens with two attached hydrogens (primary N) is 1. The van der Waals surface area contributed by atoms with Crippen LogP contribution in [0.1, 0.15) is 46.0 Å². The Balaban J connectivity index is 1.86. The van der Waals surface area contributed by atoms with E-state index in [-0.39, 0.29) is 6.04 Å². The van der Waals surface area contributed by atoms with Gasteiger partial charge in [0.15, 0.2) is 0 Å². The summed E-state index contributed by atoms with van der Waals surface area (Å²) in [5.41, 5.74) is 6.12. The van der Waals surface area contributed by atoms with Gasteiger partial charge in [0.2, 0.25) is 5.91 Å². The maximum Gasteiger partial charge on any atom is 0.222 e. The van der Waals surface area contributed by atoms with Gasteiger partial charge >= 0.3 is 0 Å². The summed E-state index contributed by atoms with van der Waals surface area (Å²) in [6.45, 7) is 6.23. The molecule has 0 aromatic carbocycles. The number of likely N-dealkylation sites (tertiary alicyclic amines) is 1. The van der Waals surface area contributed by atoms with E-state index in [1.165, 1.54) is 12.8 Å². The van der Waals surface area contributed by atoms with E-state index in [1.807, 2.05) is 4.90 Å². The molecule has 2 N–H and O–H groups in total. The minimum atomic E-state index is 0.217. The lowest BCUT2D eigenvalue weighted by atomic mass is 9.89. The number of hydrogen-bond donors (Lipinski definition) is 1. The largest absolute Gasteiger partial charge is 0.341 e. The molecule has 2 fully saturated rings. The molecule has 2 aliphatic rings. The molecule has 3 heteroatoms. The van der Waals surface area contributed by atoms with E-state index < -0.39 is 0 Å².